The third-order valence-electron chi connectivity index (χ3n) is 3.27. The van der Waals surface area contributed by atoms with E-state index in [1.165, 1.54) is 0 Å². The van der Waals surface area contributed by atoms with Gasteiger partial charge in [-0.1, -0.05) is 25.5 Å². The molecule has 1 rings (SSSR count). The zero-order chi connectivity index (χ0) is 14.3. The van der Waals surface area contributed by atoms with Crippen LogP contribution < -0.4 is 5.32 Å². The van der Waals surface area contributed by atoms with E-state index >= 15 is 0 Å². The molecule has 1 aromatic carbocycles. The van der Waals surface area contributed by atoms with Crippen molar-refractivity contribution in [2.75, 3.05) is 13.2 Å². The zero-order valence-electron chi connectivity index (χ0n) is 11.6. The van der Waals surface area contributed by atoms with Crippen LogP contribution in [-0.2, 0) is 0 Å². The summed E-state index contributed by atoms with van der Waals surface area (Å²) in [5, 5.41) is 21.6. The van der Waals surface area contributed by atoms with Crippen molar-refractivity contribution in [1.29, 1.82) is 0 Å². The molecule has 0 saturated carbocycles. The fourth-order valence-corrected chi connectivity index (χ4v) is 2.11. The van der Waals surface area contributed by atoms with Crippen molar-refractivity contribution < 1.29 is 15.0 Å². The summed E-state index contributed by atoms with van der Waals surface area (Å²) < 4.78 is 0. The summed E-state index contributed by atoms with van der Waals surface area (Å²) >= 11 is 0. The van der Waals surface area contributed by atoms with Crippen LogP contribution in [0.15, 0.2) is 18.2 Å². The van der Waals surface area contributed by atoms with Gasteiger partial charge in [0.15, 0.2) is 0 Å². The van der Waals surface area contributed by atoms with Crippen molar-refractivity contribution in [3.05, 3.63) is 29.3 Å². The van der Waals surface area contributed by atoms with Crippen molar-refractivity contribution in [1.82, 2.24) is 5.32 Å². The van der Waals surface area contributed by atoms with Crippen molar-refractivity contribution in [2.24, 2.45) is 5.92 Å². The molecular weight excluding hydrogens is 242 g/mol. The molecular formula is C15H23NO3. The number of rotatable bonds is 7. The van der Waals surface area contributed by atoms with E-state index in [9.17, 15) is 9.90 Å². The molecule has 0 aromatic heterocycles. The Kier molecular flexibility index (Phi) is 6.36. The fraction of sp³-hybridized carbons (Fsp3) is 0.533. The molecule has 0 fully saturated rings. The van der Waals surface area contributed by atoms with E-state index in [1.54, 1.807) is 25.1 Å². The molecule has 19 heavy (non-hydrogen) atoms. The minimum atomic E-state index is -0.264. The number of para-hydroxylation sites is 1. The van der Waals surface area contributed by atoms with Gasteiger partial charge in [-0.15, -0.1) is 0 Å². The number of aromatic hydroxyl groups is 1. The smallest absolute Gasteiger partial charge is 0.255 e. The molecule has 3 N–H and O–H groups in total. The van der Waals surface area contributed by atoms with Crippen molar-refractivity contribution in [3.8, 4) is 5.75 Å². The largest absolute Gasteiger partial charge is 0.507 e. The molecule has 0 aliphatic rings. The summed E-state index contributed by atoms with van der Waals surface area (Å²) in [4.78, 5) is 12.0. The summed E-state index contributed by atoms with van der Waals surface area (Å²) in [5.41, 5.74) is 0.993. The third-order valence-corrected chi connectivity index (χ3v) is 3.27. The summed E-state index contributed by atoms with van der Waals surface area (Å²) in [5.74, 6) is 0.0559. The van der Waals surface area contributed by atoms with E-state index in [0.29, 0.717) is 24.1 Å². The lowest BCUT2D eigenvalue weighted by molar-refractivity contribution is 0.0940. The number of carbonyl (C=O) groups is 1. The van der Waals surface area contributed by atoms with E-state index < -0.39 is 0 Å². The average Bonchev–Trinajstić information content (AvgIpc) is 2.39. The summed E-state index contributed by atoms with van der Waals surface area (Å²) in [6.07, 6.45) is 2.69. The molecule has 1 unspecified atom stereocenters. The second-order valence-corrected chi connectivity index (χ2v) is 4.85. The molecule has 0 saturated heterocycles. The number of aliphatic hydroxyl groups is 1. The average molecular weight is 265 g/mol. The van der Waals surface area contributed by atoms with Gasteiger partial charge in [0.2, 0.25) is 0 Å². The van der Waals surface area contributed by atoms with Crippen LogP contribution in [0.25, 0.3) is 0 Å². The molecule has 0 radical (unpaired) electrons. The SMILES string of the molecule is CCCC(CCO)CNC(=O)c1cccc(C)c1O. The normalized spacial score (nSPS) is 12.2. The van der Waals surface area contributed by atoms with Gasteiger partial charge in [0.1, 0.15) is 5.75 Å². The Hall–Kier alpha value is -1.55. The van der Waals surface area contributed by atoms with Crippen LogP contribution >= 0.6 is 0 Å². The molecule has 106 valence electrons. The van der Waals surface area contributed by atoms with Crippen LogP contribution in [0.3, 0.4) is 0 Å². The second-order valence-electron chi connectivity index (χ2n) is 4.85. The Balaban J connectivity index is 2.61. The lowest BCUT2D eigenvalue weighted by Gasteiger charge is -2.16. The van der Waals surface area contributed by atoms with Gasteiger partial charge in [-0.25, -0.2) is 0 Å². The van der Waals surface area contributed by atoms with Crippen molar-refractivity contribution in [2.45, 2.75) is 33.1 Å². The maximum atomic E-state index is 12.0. The molecule has 0 heterocycles. The number of nitrogens with one attached hydrogen (secondary N) is 1. The molecule has 0 aliphatic heterocycles. The topological polar surface area (TPSA) is 69.6 Å². The lowest BCUT2D eigenvalue weighted by atomic mass is 10.00. The Morgan fingerprint density at radius 1 is 1.37 bits per heavy atom. The molecule has 1 atom stereocenters. The zero-order valence-corrected chi connectivity index (χ0v) is 11.6. The van der Waals surface area contributed by atoms with E-state index in [1.807, 2.05) is 0 Å². The first-order valence-electron chi connectivity index (χ1n) is 6.77. The highest BCUT2D eigenvalue weighted by molar-refractivity contribution is 5.97. The Bertz CT molecular complexity index is 412. The molecule has 0 aliphatic carbocycles. The highest BCUT2D eigenvalue weighted by atomic mass is 16.3. The van der Waals surface area contributed by atoms with Crippen molar-refractivity contribution >= 4 is 5.91 Å². The number of carbonyl (C=O) groups excluding carboxylic acids is 1. The van der Waals surface area contributed by atoms with Crippen LogP contribution in [0.2, 0.25) is 0 Å². The first-order valence-corrected chi connectivity index (χ1v) is 6.77. The number of aliphatic hydroxyl groups excluding tert-OH is 1. The number of hydrogen-bond acceptors (Lipinski definition) is 3. The number of benzene rings is 1. The second kappa shape index (κ2) is 7.79. The van der Waals surface area contributed by atoms with E-state index in [-0.39, 0.29) is 24.2 Å². The van der Waals surface area contributed by atoms with Gasteiger partial charge in [-0.05, 0) is 37.3 Å². The van der Waals surface area contributed by atoms with Gasteiger partial charge < -0.3 is 15.5 Å². The van der Waals surface area contributed by atoms with Gasteiger partial charge in [0, 0.05) is 13.2 Å². The van der Waals surface area contributed by atoms with Crippen LogP contribution in [-0.4, -0.2) is 29.3 Å². The van der Waals surface area contributed by atoms with Gasteiger partial charge >= 0.3 is 0 Å². The maximum absolute atomic E-state index is 12.0. The summed E-state index contributed by atoms with van der Waals surface area (Å²) in [7, 11) is 0. The Morgan fingerprint density at radius 2 is 2.11 bits per heavy atom. The quantitative estimate of drug-likeness (QED) is 0.708. The number of amides is 1. The summed E-state index contributed by atoms with van der Waals surface area (Å²) in [6, 6.07) is 5.12. The predicted octanol–water partition coefficient (Wildman–Crippen LogP) is 2.23. The minimum absolute atomic E-state index is 0.0363. The van der Waals surface area contributed by atoms with Gasteiger partial charge in [-0.2, -0.15) is 0 Å². The van der Waals surface area contributed by atoms with Crippen LogP contribution in [0.4, 0.5) is 0 Å². The third kappa shape index (κ3) is 4.56. The highest BCUT2D eigenvalue weighted by Gasteiger charge is 2.14. The number of phenolic OH excluding ortho intramolecular Hbond substituents is 1. The van der Waals surface area contributed by atoms with Gasteiger partial charge in [-0.3, -0.25) is 4.79 Å². The number of hydrogen-bond donors (Lipinski definition) is 3. The minimum Gasteiger partial charge on any atom is -0.507 e. The lowest BCUT2D eigenvalue weighted by Crippen LogP contribution is -2.29. The van der Waals surface area contributed by atoms with E-state index in [0.717, 1.165) is 12.8 Å². The van der Waals surface area contributed by atoms with Gasteiger partial charge in [0.25, 0.3) is 5.91 Å². The van der Waals surface area contributed by atoms with E-state index in [4.69, 9.17) is 5.11 Å². The number of aryl methyl sites for hydroxylation is 1. The Labute approximate surface area is 114 Å². The maximum Gasteiger partial charge on any atom is 0.255 e. The van der Waals surface area contributed by atoms with Crippen LogP contribution in [0, 0.1) is 12.8 Å². The molecule has 4 nitrogen and oxygen atoms in total. The fourth-order valence-electron chi connectivity index (χ4n) is 2.11. The first-order chi connectivity index (χ1) is 9.10. The summed E-state index contributed by atoms with van der Waals surface area (Å²) in [6.45, 7) is 4.51. The van der Waals surface area contributed by atoms with Gasteiger partial charge in [0.05, 0.1) is 5.56 Å². The standard InChI is InChI=1S/C15H23NO3/c1-3-5-12(8-9-17)10-16-15(19)13-7-4-6-11(2)14(13)18/h4,6-7,12,17-18H,3,5,8-10H2,1-2H3,(H,16,19). The van der Waals surface area contributed by atoms with Crippen molar-refractivity contribution in [3.63, 3.8) is 0 Å². The predicted molar refractivity (Wildman–Crippen MR) is 75.3 cm³/mol. The highest BCUT2D eigenvalue weighted by Crippen LogP contribution is 2.21. The molecule has 4 heteroatoms. The molecule has 1 amide bonds. The monoisotopic (exact) mass is 265 g/mol. The molecule has 0 spiro atoms. The van der Waals surface area contributed by atoms with E-state index in [2.05, 4.69) is 12.2 Å². The number of phenols is 1. The first kappa shape index (κ1) is 15.5. The van der Waals surface area contributed by atoms with Crippen LogP contribution in [0.1, 0.15) is 42.1 Å². The van der Waals surface area contributed by atoms with Crippen LogP contribution in [0.5, 0.6) is 5.75 Å². The Morgan fingerprint density at radius 3 is 2.74 bits per heavy atom. The molecule has 1 aromatic rings. The molecule has 0 bridgehead atoms.